The maximum atomic E-state index is 12.6. The Kier molecular flexibility index (Phi) is 6.09. The minimum Gasteiger partial charge on any atom is -0.493 e. The molecule has 0 fully saturated rings. The molecule has 1 amide bonds. The van der Waals surface area contributed by atoms with Gasteiger partial charge in [0.05, 0.1) is 30.0 Å². The second-order valence-electron chi connectivity index (χ2n) is 6.70. The highest BCUT2D eigenvalue weighted by Crippen LogP contribution is 2.40. The van der Waals surface area contributed by atoms with E-state index in [2.05, 4.69) is 10.3 Å². The molecule has 2 heterocycles. The number of carbonyl (C=O) groups is 2. The summed E-state index contributed by atoms with van der Waals surface area (Å²) in [5, 5.41) is 3.22. The molecular weight excluding hydrogens is 432 g/mol. The van der Waals surface area contributed by atoms with Crippen LogP contribution in [0.25, 0.3) is 20.8 Å². The smallest absolute Gasteiger partial charge is 0.342 e. The second kappa shape index (κ2) is 9.11. The number of ether oxygens (including phenoxy) is 3. The number of nitrogens with one attached hydrogen (secondary N) is 1. The molecule has 32 heavy (non-hydrogen) atoms. The van der Waals surface area contributed by atoms with Crippen LogP contribution in [0.5, 0.6) is 11.5 Å². The molecule has 8 nitrogen and oxygen atoms in total. The van der Waals surface area contributed by atoms with Gasteiger partial charge in [0.1, 0.15) is 16.3 Å². The average molecular weight is 452 g/mol. The lowest BCUT2D eigenvalue weighted by Gasteiger charge is -2.10. The molecule has 164 valence electrons. The third-order valence-corrected chi connectivity index (χ3v) is 5.72. The number of carbonyl (C=O) groups excluding carboxylic acids is 2. The number of aromatic nitrogens is 1. The van der Waals surface area contributed by atoms with Crippen molar-refractivity contribution >= 4 is 39.3 Å². The van der Waals surface area contributed by atoms with Crippen molar-refractivity contribution in [1.29, 1.82) is 0 Å². The van der Waals surface area contributed by atoms with E-state index in [0.29, 0.717) is 27.8 Å². The molecular formula is C23H20N2O6S. The van der Waals surface area contributed by atoms with E-state index in [9.17, 15) is 9.59 Å². The molecule has 1 N–H and O–H groups in total. The molecule has 2 aromatic carbocycles. The molecule has 0 spiro atoms. The van der Waals surface area contributed by atoms with Gasteiger partial charge in [-0.1, -0.05) is 24.3 Å². The van der Waals surface area contributed by atoms with Crippen LogP contribution in [0.4, 0.5) is 5.88 Å². The number of para-hydroxylation sites is 3. The van der Waals surface area contributed by atoms with Crippen molar-refractivity contribution in [3.63, 3.8) is 0 Å². The summed E-state index contributed by atoms with van der Waals surface area (Å²) < 4.78 is 22.4. The first-order valence-corrected chi connectivity index (χ1v) is 10.5. The first kappa shape index (κ1) is 21.4. The van der Waals surface area contributed by atoms with Crippen LogP contribution in [0.3, 0.4) is 0 Å². The Morgan fingerprint density at radius 3 is 2.50 bits per heavy atom. The van der Waals surface area contributed by atoms with Crippen LogP contribution in [0, 0.1) is 6.92 Å². The van der Waals surface area contributed by atoms with Gasteiger partial charge in [-0.05, 0) is 31.2 Å². The predicted octanol–water partition coefficient (Wildman–Crippen LogP) is 4.68. The third kappa shape index (κ3) is 4.15. The van der Waals surface area contributed by atoms with Crippen molar-refractivity contribution in [2.75, 3.05) is 26.1 Å². The summed E-state index contributed by atoms with van der Waals surface area (Å²) in [6.45, 7) is 1.34. The number of esters is 1. The Morgan fingerprint density at radius 1 is 1.06 bits per heavy atom. The molecule has 0 bridgehead atoms. The molecule has 4 rings (SSSR count). The van der Waals surface area contributed by atoms with Crippen molar-refractivity contribution in [1.82, 2.24) is 4.98 Å². The number of benzene rings is 2. The highest BCUT2D eigenvalue weighted by Gasteiger charge is 2.28. The van der Waals surface area contributed by atoms with E-state index in [1.165, 1.54) is 25.6 Å². The standard InChI is InChI=1S/C23H20N2O6S/c1-13-19(23(27)29-3)20(22-24-14-8-4-7-11-17(14)32-22)21(31-13)25-18(26)12-30-16-10-6-5-9-15(16)28-2/h4-11H,12H2,1-3H3,(H,25,26). The van der Waals surface area contributed by atoms with Crippen LogP contribution in [-0.4, -0.2) is 37.7 Å². The molecule has 9 heteroatoms. The van der Waals surface area contributed by atoms with Crippen LogP contribution in [0.15, 0.2) is 52.9 Å². The van der Waals surface area contributed by atoms with E-state index in [4.69, 9.17) is 18.6 Å². The van der Waals surface area contributed by atoms with E-state index < -0.39 is 11.9 Å². The molecule has 2 aromatic heterocycles. The SMILES string of the molecule is COC(=O)c1c(C)oc(NC(=O)COc2ccccc2OC)c1-c1nc2ccccc2s1. The number of nitrogens with zero attached hydrogens (tertiary/aromatic N) is 1. The van der Waals surface area contributed by atoms with E-state index in [1.807, 2.05) is 24.3 Å². The summed E-state index contributed by atoms with van der Waals surface area (Å²) in [7, 11) is 2.81. The van der Waals surface area contributed by atoms with Crippen LogP contribution in [-0.2, 0) is 9.53 Å². The van der Waals surface area contributed by atoms with Crippen LogP contribution >= 0.6 is 11.3 Å². The highest BCUT2D eigenvalue weighted by atomic mass is 32.1. The number of hydrogen-bond acceptors (Lipinski definition) is 8. The van der Waals surface area contributed by atoms with Gasteiger partial charge in [0.15, 0.2) is 18.1 Å². The van der Waals surface area contributed by atoms with E-state index in [-0.39, 0.29) is 18.1 Å². The van der Waals surface area contributed by atoms with Gasteiger partial charge in [-0.2, -0.15) is 0 Å². The van der Waals surface area contributed by atoms with Crippen molar-refractivity contribution in [2.24, 2.45) is 0 Å². The lowest BCUT2D eigenvalue weighted by atomic mass is 10.1. The first-order chi connectivity index (χ1) is 15.5. The lowest BCUT2D eigenvalue weighted by molar-refractivity contribution is -0.118. The number of thiazole rings is 1. The third-order valence-electron chi connectivity index (χ3n) is 4.66. The fraction of sp³-hybridized carbons (Fsp3) is 0.174. The molecule has 0 aliphatic carbocycles. The molecule has 0 aliphatic heterocycles. The van der Waals surface area contributed by atoms with Crippen LogP contribution < -0.4 is 14.8 Å². The minimum atomic E-state index is -0.578. The summed E-state index contributed by atoms with van der Waals surface area (Å²) in [5.74, 6) is 0.317. The van der Waals surface area contributed by atoms with Gasteiger partial charge in [-0.25, -0.2) is 9.78 Å². The van der Waals surface area contributed by atoms with Gasteiger partial charge in [-0.15, -0.1) is 11.3 Å². The Hall–Kier alpha value is -3.85. The quantitative estimate of drug-likeness (QED) is 0.407. The molecule has 0 radical (unpaired) electrons. The molecule has 0 atom stereocenters. The fourth-order valence-electron chi connectivity index (χ4n) is 3.21. The molecule has 0 saturated heterocycles. The number of furan rings is 1. The summed E-state index contributed by atoms with van der Waals surface area (Å²) in [5.41, 5.74) is 1.37. The van der Waals surface area contributed by atoms with Gasteiger partial charge >= 0.3 is 5.97 Å². The zero-order valence-corrected chi connectivity index (χ0v) is 18.4. The molecule has 4 aromatic rings. The highest BCUT2D eigenvalue weighted by molar-refractivity contribution is 7.21. The van der Waals surface area contributed by atoms with Gasteiger partial charge < -0.3 is 18.6 Å². The predicted molar refractivity (Wildman–Crippen MR) is 121 cm³/mol. The van der Waals surface area contributed by atoms with Crippen molar-refractivity contribution in [2.45, 2.75) is 6.92 Å². The number of hydrogen-bond donors (Lipinski definition) is 1. The molecule has 0 aliphatic rings. The summed E-state index contributed by atoms with van der Waals surface area (Å²) in [6, 6.07) is 14.6. The second-order valence-corrected chi connectivity index (χ2v) is 7.73. The topological polar surface area (TPSA) is 99.9 Å². The van der Waals surface area contributed by atoms with Gasteiger partial charge in [-0.3, -0.25) is 10.1 Å². The fourth-order valence-corrected chi connectivity index (χ4v) is 4.22. The zero-order valence-electron chi connectivity index (χ0n) is 17.6. The van der Waals surface area contributed by atoms with Crippen LogP contribution in [0.2, 0.25) is 0 Å². The van der Waals surface area contributed by atoms with E-state index in [0.717, 1.165) is 10.2 Å². The summed E-state index contributed by atoms with van der Waals surface area (Å²) in [4.78, 5) is 29.7. The minimum absolute atomic E-state index is 0.107. The van der Waals surface area contributed by atoms with Gasteiger partial charge in [0.25, 0.3) is 5.91 Å². The summed E-state index contributed by atoms with van der Waals surface area (Å²) >= 11 is 1.38. The summed E-state index contributed by atoms with van der Waals surface area (Å²) in [6.07, 6.45) is 0. The van der Waals surface area contributed by atoms with E-state index >= 15 is 0 Å². The lowest BCUT2D eigenvalue weighted by Crippen LogP contribution is -2.20. The van der Waals surface area contributed by atoms with Gasteiger partial charge in [0.2, 0.25) is 5.88 Å². The van der Waals surface area contributed by atoms with Crippen molar-refractivity contribution < 1.29 is 28.2 Å². The van der Waals surface area contributed by atoms with Crippen LogP contribution in [0.1, 0.15) is 16.1 Å². The first-order valence-electron chi connectivity index (χ1n) is 9.65. The molecule has 0 unspecified atom stereocenters. The normalized spacial score (nSPS) is 10.7. The number of aryl methyl sites for hydroxylation is 1. The average Bonchev–Trinajstić information content (AvgIpc) is 3.37. The number of fused-ring (bicyclic) bond motifs is 1. The Morgan fingerprint density at radius 2 is 1.78 bits per heavy atom. The van der Waals surface area contributed by atoms with Crippen molar-refractivity contribution in [3.8, 4) is 22.1 Å². The monoisotopic (exact) mass is 452 g/mol. The van der Waals surface area contributed by atoms with Crippen molar-refractivity contribution in [3.05, 3.63) is 59.9 Å². The number of rotatable bonds is 7. The Balaban J connectivity index is 1.65. The van der Waals surface area contributed by atoms with E-state index in [1.54, 1.807) is 31.2 Å². The Labute approximate surface area is 187 Å². The maximum absolute atomic E-state index is 12.6. The number of methoxy groups -OCH3 is 2. The maximum Gasteiger partial charge on any atom is 0.342 e. The number of amides is 1. The zero-order chi connectivity index (χ0) is 22.7. The largest absolute Gasteiger partial charge is 0.493 e. The van der Waals surface area contributed by atoms with Gasteiger partial charge in [0, 0.05) is 0 Å². The Bertz CT molecular complexity index is 1260. The number of anilines is 1. The molecule has 0 saturated carbocycles.